The molecule has 0 saturated heterocycles. The van der Waals surface area contributed by atoms with E-state index in [1.807, 2.05) is 0 Å². The van der Waals surface area contributed by atoms with Crippen LogP contribution >= 0.6 is 0 Å². The molecule has 0 bridgehead atoms. The molecule has 0 atom stereocenters. The van der Waals surface area contributed by atoms with E-state index in [-0.39, 0.29) is 18.0 Å². The van der Waals surface area contributed by atoms with Gasteiger partial charge in [-0.1, -0.05) is 0 Å². The van der Waals surface area contributed by atoms with E-state index in [1.165, 1.54) is 6.07 Å². The summed E-state index contributed by atoms with van der Waals surface area (Å²) in [6.07, 6.45) is 0.703. The normalized spacial score (nSPS) is 11.2. The molecule has 104 valence electrons. The number of hydrogen-bond donors (Lipinski definition) is 3. The molecule has 0 fully saturated rings. The highest BCUT2D eigenvalue weighted by Crippen LogP contribution is 2.16. The lowest BCUT2D eigenvalue weighted by atomic mass is 10.00. The summed E-state index contributed by atoms with van der Waals surface area (Å²) >= 11 is 0. The van der Waals surface area contributed by atoms with Gasteiger partial charge in [-0.2, -0.15) is 0 Å². The van der Waals surface area contributed by atoms with Gasteiger partial charge in [-0.15, -0.1) is 0 Å². The first kappa shape index (κ1) is 15.1. The summed E-state index contributed by atoms with van der Waals surface area (Å²) in [5.41, 5.74) is 5.08. The Morgan fingerprint density at radius 2 is 2.05 bits per heavy atom. The van der Waals surface area contributed by atoms with E-state index in [1.54, 1.807) is 13.8 Å². The second-order valence-electron chi connectivity index (χ2n) is 5.04. The summed E-state index contributed by atoms with van der Waals surface area (Å²) in [5, 5.41) is 11.3. The van der Waals surface area contributed by atoms with Gasteiger partial charge in [-0.05, 0) is 38.5 Å². The number of aromatic carboxylic acids is 1. The largest absolute Gasteiger partial charge is 0.478 e. The number of carbonyl (C=O) groups is 2. The second-order valence-corrected chi connectivity index (χ2v) is 5.04. The Hall–Kier alpha value is -1.95. The monoisotopic (exact) mass is 268 g/mol. The molecule has 0 aromatic heterocycles. The molecule has 0 radical (unpaired) electrons. The van der Waals surface area contributed by atoms with E-state index in [2.05, 4.69) is 5.32 Å². The van der Waals surface area contributed by atoms with Crippen LogP contribution in [0.1, 0.15) is 37.0 Å². The van der Waals surface area contributed by atoms with Crippen LogP contribution in [-0.4, -0.2) is 22.5 Å². The predicted octanol–water partition coefficient (Wildman–Crippen LogP) is 1.98. The SMILES string of the molecule is CC(C)(N)CCC(=O)Nc1ccc(F)c(C(=O)O)c1. The van der Waals surface area contributed by atoms with Crippen LogP contribution in [0.3, 0.4) is 0 Å². The predicted molar refractivity (Wildman–Crippen MR) is 69.5 cm³/mol. The first-order valence-electron chi connectivity index (χ1n) is 5.80. The Kier molecular flexibility index (Phi) is 4.61. The summed E-state index contributed by atoms with van der Waals surface area (Å²) in [6, 6.07) is 3.41. The van der Waals surface area contributed by atoms with Crippen LogP contribution in [0, 0.1) is 5.82 Å². The third kappa shape index (κ3) is 5.05. The van der Waals surface area contributed by atoms with Gasteiger partial charge in [0.2, 0.25) is 5.91 Å². The average molecular weight is 268 g/mol. The van der Waals surface area contributed by atoms with Crippen LogP contribution in [0.15, 0.2) is 18.2 Å². The minimum absolute atomic E-state index is 0.212. The highest BCUT2D eigenvalue weighted by Gasteiger charge is 2.15. The molecule has 0 aliphatic carbocycles. The highest BCUT2D eigenvalue weighted by molar-refractivity contribution is 5.94. The number of anilines is 1. The van der Waals surface area contributed by atoms with Crippen molar-refractivity contribution in [2.45, 2.75) is 32.2 Å². The molecule has 6 heteroatoms. The van der Waals surface area contributed by atoms with Crippen LogP contribution < -0.4 is 11.1 Å². The van der Waals surface area contributed by atoms with Crippen molar-refractivity contribution in [3.8, 4) is 0 Å². The van der Waals surface area contributed by atoms with Crippen molar-refractivity contribution in [3.63, 3.8) is 0 Å². The lowest BCUT2D eigenvalue weighted by Gasteiger charge is -2.17. The number of halogens is 1. The summed E-state index contributed by atoms with van der Waals surface area (Å²) in [7, 11) is 0. The van der Waals surface area contributed by atoms with Crippen LogP contribution in [0.4, 0.5) is 10.1 Å². The zero-order chi connectivity index (χ0) is 14.6. The lowest BCUT2D eigenvalue weighted by molar-refractivity contribution is -0.116. The van der Waals surface area contributed by atoms with Crippen LogP contribution in [0.5, 0.6) is 0 Å². The molecular weight excluding hydrogens is 251 g/mol. The number of rotatable bonds is 5. The highest BCUT2D eigenvalue weighted by atomic mass is 19.1. The molecular formula is C13H17FN2O3. The minimum Gasteiger partial charge on any atom is -0.478 e. The van der Waals surface area contributed by atoms with E-state index in [9.17, 15) is 14.0 Å². The van der Waals surface area contributed by atoms with E-state index in [0.717, 1.165) is 12.1 Å². The molecule has 1 rings (SSSR count). The average Bonchev–Trinajstić information content (AvgIpc) is 2.28. The number of amides is 1. The van der Waals surface area contributed by atoms with E-state index >= 15 is 0 Å². The lowest BCUT2D eigenvalue weighted by Crippen LogP contribution is -2.33. The molecule has 4 N–H and O–H groups in total. The molecule has 0 spiro atoms. The molecule has 0 saturated carbocycles. The molecule has 19 heavy (non-hydrogen) atoms. The number of carbonyl (C=O) groups excluding carboxylic acids is 1. The van der Waals surface area contributed by atoms with Gasteiger partial charge in [0.05, 0.1) is 5.56 Å². The quantitative estimate of drug-likeness (QED) is 0.761. The summed E-state index contributed by atoms with van der Waals surface area (Å²) in [6.45, 7) is 3.61. The Labute approximate surface area is 110 Å². The van der Waals surface area contributed by atoms with Crippen molar-refractivity contribution in [2.75, 3.05) is 5.32 Å². The summed E-state index contributed by atoms with van der Waals surface area (Å²) in [5.74, 6) is -2.51. The fourth-order valence-corrected chi connectivity index (χ4v) is 1.43. The van der Waals surface area contributed by atoms with Crippen molar-refractivity contribution < 1.29 is 19.1 Å². The van der Waals surface area contributed by atoms with Crippen molar-refractivity contribution in [1.82, 2.24) is 0 Å². The minimum atomic E-state index is -1.38. The van der Waals surface area contributed by atoms with Gasteiger partial charge in [0.1, 0.15) is 5.82 Å². The molecule has 5 nitrogen and oxygen atoms in total. The maximum atomic E-state index is 13.2. The Morgan fingerprint density at radius 1 is 1.42 bits per heavy atom. The Morgan fingerprint density at radius 3 is 2.58 bits per heavy atom. The van der Waals surface area contributed by atoms with Crippen molar-refractivity contribution in [1.29, 1.82) is 0 Å². The number of nitrogens with one attached hydrogen (secondary N) is 1. The third-order valence-electron chi connectivity index (χ3n) is 2.48. The topological polar surface area (TPSA) is 92.4 Å². The summed E-state index contributed by atoms with van der Waals surface area (Å²) in [4.78, 5) is 22.4. The maximum absolute atomic E-state index is 13.2. The van der Waals surface area contributed by atoms with E-state index in [0.29, 0.717) is 6.42 Å². The Bertz CT molecular complexity index is 495. The van der Waals surface area contributed by atoms with Crippen molar-refractivity contribution in [3.05, 3.63) is 29.6 Å². The van der Waals surface area contributed by atoms with Gasteiger partial charge >= 0.3 is 5.97 Å². The first-order valence-corrected chi connectivity index (χ1v) is 5.80. The zero-order valence-corrected chi connectivity index (χ0v) is 10.9. The fraction of sp³-hybridized carbons (Fsp3) is 0.385. The molecule has 1 aromatic carbocycles. The fourth-order valence-electron chi connectivity index (χ4n) is 1.43. The summed E-state index contributed by atoms with van der Waals surface area (Å²) < 4.78 is 13.2. The van der Waals surface area contributed by atoms with Crippen LogP contribution in [-0.2, 0) is 4.79 Å². The van der Waals surface area contributed by atoms with Gasteiger partial charge < -0.3 is 16.2 Å². The van der Waals surface area contributed by atoms with Gasteiger partial charge in [0, 0.05) is 17.6 Å². The van der Waals surface area contributed by atoms with E-state index in [4.69, 9.17) is 10.8 Å². The van der Waals surface area contributed by atoms with Crippen molar-refractivity contribution in [2.24, 2.45) is 5.73 Å². The third-order valence-corrected chi connectivity index (χ3v) is 2.48. The first-order chi connectivity index (χ1) is 8.69. The van der Waals surface area contributed by atoms with Crippen LogP contribution in [0.2, 0.25) is 0 Å². The molecule has 1 aromatic rings. The standard InChI is InChI=1S/C13H17FN2O3/c1-13(2,15)6-5-11(17)16-8-3-4-10(14)9(7-8)12(18)19/h3-4,7H,5-6,15H2,1-2H3,(H,16,17)(H,18,19). The number of benzene rings is 1. The van der Waals surface area contributed by atoms with Crippen LogP contribution in [0.25, 0.3) is 0 Å². The van der Waals surface area contributed by atoms with Crippen molar-refractivity contribution >= 4 is 17.6 Å². The number of nitrogens with two attached hydrogens (primary N) is 1. The molecule has 0 heterocycles. The van der Waals surface area contributed by atoms with E-state index < -0.39 is 22.9 Å². The second kappa shape index (κ2) is 5.79. The van der Waals surface area contributed by atoms with Gasteiger partial charge in [0.25, 0.3) is 0 Å². The van der Waals surface area contributed by atoms with Gasteiger partial charge in [-0.25, -0.2) is 9.18 Å². The number of hydrogen-bond acceptors (Lipinski definition) is 3. The maximum Gasteiger partial charge on any atom is 0.338 e. The van der Waals surface area contributed by atoms with Gasteiger partial charge in [-0.3, -0.25) is 4.79 Å². The molecule has 1 amide bonds. The number of carboxylic acids is 1. The Balaban J connectivity index is 2.70. The molecule has 0 aliphatic rings. The molecule has 0 unspecified atom stereocenters. The zero-order valence-electron chi connectivity index (χ0n) is 10.9. The van der Waals surface area contributed by atoms with Gasteiger partial charge in [0.15, 0.2) is 0 Å². The molecule has 0 aliphatic heterocycles. The smallest absolute Gasteiger partial charge is 0.338 e. The number of carboxylic acid groups (broad SMARTS) is 1.